The summed E-state index contributed by atoms with van der Waals surface area (Å²) < 4.78 is 0. The molecule has 0 aliphatic carbocycles. The minimum absolute atomic E-state index is 1.06. The lowest BCUT2D eigenvalue weighted by Crippen LogP contribution is -2.24. The summed E-state index contributed by atoms with van der Waals surface area (Å²) in [5.41, 5.74) is 7.99. The van der Waals surface area contributed by atoms with Gasteiger partial charge in [0.15, 0.2) is 0 Å². The average molecular weight is 274 g/mol. The minimum atomic E-state index is 1.06. The van der Waals surface area contributed by atoms with Gasteiger partial charge >= 0.3 is 0 Å². The van der Waals surface area contributed by atoms with Gasteiger partial charge in [0.25, 0.3) is 0 Å². The van der Waals surface area contributed by atoms with Gasteiger partial charge in [0.2, 0.25) is 0 Å². The van der Waals surface area contributed by atoms with Crippen molar-refractivity contribution in [2.24, 2.45) is 0 Å². The van der Waals surface area contributed by atoms with Crippen LogP contribution in [0.25, 0.3) is 0 Å². The van der Waals surface area contributed by atoms with Gasteiger partial charge in [-0.15, -0.1) is 0 Å². The molecule has 0 atom stereocenters. The lowest BCUT2D eigenvalue weighted by Gasteiger charge is -2.27. The molecule has 0 aromatic heterocycles. The summed E-state index contributed by atoms with van der Waals surface area (Å²) >= 11 is 0. The summed E-state index contributed by atoms with van der Waals surface area (Å²) in [6.07, 6.45) is 0. The van der Waals surface area contributed by atoms with Crippen molar-refractivity contribution in [3.63, 3.8) is 0 Å². The van der Waals surface area contributed by atoms with Crippen LogP contribution >= 0.6 is 0 Å². The number of hydrogen-bond donors (Lipinski definition) is 1. The van der Waals surface area contributed by atoms with Crippen molar-refractivity contribution < 1.29 is 0 Å². The largest absolute Gasteiger partial charge is 0.294 e. The summed E-state index contributed by atoms with van der Waals surface area (Å²) in [6.45, 7) is 2.11. The van der Waals surface area contributed by atoms with E-state index in [1.165, 1.54) is 5.56 Å². The summed E-state index contributed by atoms with van der Waals surface area (Å²) in [5.74, 6) is 0. The van der Waals surface area contributed by atoms with Gasteiger partial charge in [-0.05, 0) is 48.9 Å². The maximum Gasteiger partial charge on any atom is 0.0633 e. The van der Waals surface area contributed by atoms with E-state index in [-0.39, 0.29) is 0 Å². The minimum Gasteiger partial charge on any atom is -0.294 e. The fourth-order valence-corrected chi connectivity index (χ4v) is 2.26. The molecular formula is C19H18N2. The molecule has 0 fully saturated rings. The van der Waals surface area contributed by atoms with Crippen molar-refractivity contribution in [3.8, 4) is 0 Å². The zero-order valence-electron chi connectivity index (χ0n) is 12.0. The highest BCUT2D eigenvalue weighted by Gasteiger charge is 2.09. The van der Waals surface area contributed by atoms with Gasteiger partial charge in [0.1, 0.15) is 0 Å². The Labute approximate surface area is 125 Å². The van der Waals surface area contributed by atoms with Crippen LogP contribution in [0.15, 0.2) is 84.9 Å². The molecule has 0 spiro atoms. The van der Waals surface area contributed by atoms with Gasteiger partial charge in [-0.2, -0.15) is 0 Å². The van der Waals surface area contributed by atoms with E-state index in [9.17, 15) is 0 Å². The number of aryl methyl sites for hydroxylation is 1. The molecule has 2 nitrogen and oxygen atoms in total. The lowest BCUT2D eigenvalue weighted by molar-refractivity contribution is 1.16. The molecule has 0 aliphatic heterocycles. The normalized spacial score (nSPS) is 10.1. The Morgan fingerprint density at radius 2 is 1.29 bits per heavy atom. The molecule has 0 radical (unpaired) electrons. The smallest absolute Gasteiger partial charge is 0.0633 e. The molecule has 0 saturated carbocycles. The van der Waals surface area contributed by atoms with Crippen LogP contribution in [0, 0.1) is 6.92 Å². The highest BCUT2D eigenvalue weighted by Crippen LogP contribution is 2.26. The fourth-order valence-electron chi connectivity index (χ4n) is 2.26. The third-order valence-electron chi connectivity index (χ3n) is 3.29. The second kappa shape index (κ2) is 6.14. The van der Waals surface area contributed by atoms with Gasteiger partial charge < -0.3 is 0 Å². The van der Waals surface area contributed by atoms with Crippen LogP contribution in [-0.2, 0) is 0 Å². The van der Waals surface area contributed by atoms with Gasteiger partial charge in [-0.25, -0.2) is 0 Å². The first-order chi connectivity index (χ1) is 10.3. The van der Waals surface area contributed by atoms with Gasteiger partial charge in [-0.3, -0.25) is 10.4 Å². The molecule has 0 amide bonds. The molecule has 0 aliphatic rings. The number of hydrazine groups is 1. The van der Waals surface area contributed by atoms with Crippen LogP contribution in [0.1, 0.15) is 5.56 Å². The molecule has 0 bridgehead atoms. The Morgan fingerprint density at radius 3 is 1.95 bits per heavy atom. The molecule has 0 saturated heterocycles. The maximum atomic E-state index is 3.47. The second-order valence-electron chi connectivity index (χ2n) is 4.99. The van der Waals surface area contributed by atoms with E-state index in [1.54, 1.807) is 0 Å². The standard InChI is InChI=1S/C19H18N2/c1-16-9-8-14-19(15-16)21(18-12-6-3-7-13-18)20-17-10-4-2-5-11-17/h2-15,20H,1H3. The Hall–Kier alpha value is -2.74. The van der Waals surface area contributed by atoms with E-state index >= 15 is 0 Å². The Bertz CT molecular complexity index is 693. The predicted octanol–water partition coefficient (Wildman–Crippen LogP) is 5.16. The van der Waals surface area contributed by atoms with E-state index in [4.69, 9.17) is 0 Å². The van der Waals surface area contributed by atoms with Crippen molar-refractivity contribution in [2.45, 2.75) is 6.92 Å². The maximum absolute atomic E-state index is 3.47. The van der Waals surface area contributed by atoms with Crippen LogP contribution in [0.5, 0.6) is 0 Å². The van der Waals surface area contributed by atoms with Crippen LogP contribution in [0.2, 0.25) is 0 Å². The van der Waals surface area contributed by atoms with Crippen LogP contribution in [0.3, 0.4) is 0 Å². The molecule has 2 heteroatoms. The van der Waals surface area contributed by atoms with Crippen molar-refractivity contribution in [2.75, 3.05) is 10.4 Å². The quantitative estimate of drug-likeness (QED) is 0.661. The van der Waals surface area contributed by atoms with Gasteiger partial charge in [0.05, 0.1) is 17.1 Å². The van der Waals surface area contributed by atoms with Crippen molar-refractivity contribution in [1.29, 1.82) is 0 Å². The van der Waals surface area contributed by atoms with Gasteiger partial charge in [-0.1, -0.05) is 48.5 Å². The number of anilines is 3. The van der Waals surface area contributed by atoms with E-state index in [0.29, 0.717) is 0 Å². The van der Waals surface area contributed by atoms with E-state index < -0.39 is 0 Å². The van der Waals surface area contributed by atoms with Crippen molar-refractivity contribution >= 4 is 17.1 Å². The second-order valence-corrected chi connectivity index (χ2v) is 4.99. The number of para-hydroxylation sites is 2. The zero-order chi connectivity index (χ0) is 14.5. The average Bonchev–Trinajstić information content (AvgIpc) is 2.54. The third-order valence-corrected chi connectivity index (χ3v) is 3.29. The van der Waals surface area contributed by atoms with Crippen LogP contribution in [0.4, 0.5) is 17.1 Å². The molecule has 1 N–H and O–H groups in total. The van der Waals surface area contributed by atoms with E-state index in [2.05, 4.69) is 65.9 Å². The fraction of sp³-hybridized carbons (Fsp3) is 0.0526. The summed E-state index contributed by atoms with van der Waals surface area (Å²) in [4.78, 5) is 0. The topological polar surface area (TPSA) is 15.3 Å². The first kappa shape index (κ1) is 13.3. The van der Waals surface area contributed by atoms with Crippen molar-refractivity contribution in [3.05, 3.63) is 90.5 Å². The zero-order valence-corrected chi connectivity index (χ0v) is 12.0. The van der Waals surface area contributed by atoms with E-state index in [1.807, 2.05) is 36.4 Å². The Kier molecular flexibility index (Phi) is 3.88. The molecular weight excluding hydrogens is 256 g/mol. The molecule has 21 heavy (non-hydrogen) atoms. The molecule has 0 heterocycles. The Morgan fingerprint density at radius 1 is 0.667 bits per heavy atom. The Balaban J connectivity index is 1.99. The number of nitrogens with one attached hydrogen (secondary N) is 1. The summed E-state index contributed by atoms with van der Waals surface area (Å²) in [7, 11) is 0. The third kappa shape index (κ3) is 3.23. The molecule has 0 unspecified atom stereocenters. The molecule has 104 valence electrons. The lowest BCUT2D eigenvalue weighted by atomic mass is 10.2. The first-order valence-electron chi connectivity index (χ1n) is 7.06. The SMILES string of the molecule is Cc1cccc(N(Nc2ccccc2)c2ccccc2)c1. The molecule has 3 rings (SSSR count). The highest BCUT2D eigenvalue weighted by atomic mass is 15.5. The number of nitrogens with zero attached hydrogens (tertiary/aromatic N) is 1. The van der Waals surface area contributed by atoms with Crippen molar-refractivity contribution in [1.82, 2.24) is 0 Å². The van der Waals surface area contributed by atoms with Crippen LogP contribution in [-0.4, -0.2) is 0 Å². The van der Waals surface area contributed by atoms with Gasteiger partial charge in [0, 0.05) is 0 Å². The number of hydrogen-bond acceptors (Lipinski definition) is 2. The van der Waals surface area contributed by atoms with E-state index in [0.717, 1.165) is 17.1 Å². The molecule has 3 aromatic rings. The predicted molar refractivity (Wildman–Crippen MR) is 89.8 cm³/mol. The first-order valence-corrected chi connectivity index (χ1v) is 7.06. The highest BCUT2D eigenvalue weighted by molar-refractivity contribution is 5.68. The van der Waals surface area contributed by atoms with Crippen LogP contribution < -0.4 is 10.4 Å². The molecule has 3 aromatic carbocycles. The number of benzene rings is 3. The monoisotopic (exact) mass is 274 g/mol. The summed E-state index contributed by atoms with van der Waals surface area (Å²) in [6, 6.07) is 29.0. The number of rotatable bonds is 4. The summed E-state index contributed by atoms with van der Waals surface area (Å²) in [5, 5.41) is 2.10.